The topological polar surface area (TPSA) is 105 Å². The van der Waals surface area contributed by atoms with Crippen LogP contribution in [0.5, 0.6) is 0 Å². The van der Waals surface area contributed by atoms with Gasteiger partial charge < -0.3 is 26.0 Å². The second-order valence-electron chi connectivity index (χ2n) is 8.49. The van der Waals surface area contributed by atoms with Crippen molar-refractivity contribution in [1.29, 1.82) is 0 Å². The molecule has 1 aliphatic carbocycles. The van der Waals surface area contributed by atoms with Gasteiger partial charge in [-0.15, -0.1) is 24.0 Å². The Hall–Kier alpha value is -1.62. The molecule has 2 fully saturated rings. The fourth-order valence-electron chi connectivity index (χ4n) is 4.43. The van der Waals surface area contributed by atoms with Crippen LogP contribution in [0.2, 0.25) is 0 Å². The molecule has 0 bridgehead atoms. The lowest BCUT2D eigenvalue weighted by Crippen LogP contribution is -2.41. The molecule has 1 aliphatic heterocycles. The van der Waals surface area contributed by atoms with E-state index in [0.29, 0.717) is 19.3 Å². The molecule has 9 heteroatoms. The van der Waals surface area contributed by atoms with E-state index in [1.54, 1.807) is 7.05 Å². The number of hydrogen-bond acceptors (Lipinski definition) is 5. The number of nitrogens with one attached hydrogen (secondary N) is 2. The summed E-state index contributed by atoms with van der Waals surface area (Å²) in [6.45, 7) is 3.64. The largest absolute Gasteiger partial charge is 0.376 e. The Kier molecular flexibility index (Phi) is 12.1. The van der Waals surface area contributed by atoms with Crippen molar-refractivity contribution in [1.82, 2.24) is 15.6 Å². The number of pyridine rings is 1. The maximum absolute atomic E-state index is 11.4. The van der Waals surface area contributed by atoms with Gasteiger partial charge in [0.25, 0.3) is 0 Å². The molecule has 0 radical (unpaired) electrons. The summed E-state index contributed by atoms with van der Waals surface area (Å²) >= 11 is 0. The lowest BCUT2D eigenvalue weighted by atomic mass is 9.96. The third-order valence-corrected chi connectivity index (χ3v) is 6.28. The van der Waals surface area contributed by atoms with Gasteiger partial charge in [-0.3, -0.25) is 9.79 Å². The van der Waals surface area contributed by atoms with E-state index in [1.807, 2.05) is 12.3 Å². The fourth-order valence-corrected chi connectivity index (χ4v) is 4.43. The van der Waals surface area contributed by atoms with E-state index in [-0.39, 0.29) is 35.8 Å². The summed E-state index contributed by atoms with van der Waals surface area (Å²) in [5.74, 6) is 1.50. The van der Waals surface area contributed by atoms with Gasteiger partial charge in [0.1, 0.15) is 5.82 Å². The molecular formula is C23H39IN6O2. The van der Waals surface area contributed by atoms with E-state index in [1.165, 1.54) is 38.5 Å². The summed E-state index contributed by atoms with van der Waals surface area (Å²) in [5.41, 5.74) is 6.57. The first-order valence-electron chi connectivity index (χ1n) is 11.7. The van der Waals surface area contributed by atoms with Gasteiger partial charge in [-0.1, -0.05) is 31.7 Å². The van der Waals surface area contributed by atoms with E-state index in [4.69, 9.17) is 10.5 Å². The van der Waals surface area contributed by atoms with Crippen LogP contribution in [0.15, 0.2) is 23.3 Å². The van der Waals surface area contributed by atoms with E-state index < -0.39 is 0 Å². The van der Waals surface area contributed by atoms with Gasteiger partial charge >= 0.3 is 0 Å². The molecule has 1 aromatic rings. The molecular weight excluding hydrogens is 519 g/mol. The summed E-state index contributed by atoms with van der Waals surface area (Å²) in [7, 11) is 1.78. The zero-order valence-electron chi connectivity index (χ0n) is 19.2. The Morgan fingerprint density at radius 3 is 2.56 bits per heavy atom. The smallest absolute Gasteiger partial charge is 0.220 e. The number of rotatable bonds is 8. The summed E-state index contributed by atoms with van der Waals surface area (Å²) < 4.78 is 6.05. The number of guanidine groups is 1. The van der Waals surface area contributed by atoms with Crippen molar-refractivity contribution in [3.05, 3.63) is 23.9 Å². The van der Waals surface area contributed by atoms with Gasteiger partial charge in [0.2, 0.25) is 5.91 Å². The zero-order valence-corrected chi connectivity index (χ0v) is 21.6. The molecule has 0 spiro atoms. The van der Waals surface area contributed by atoms with Gasteiger partial charge in [0.05, 0.1) is 12.7 Å². The zero-order chi connectivity index (χ0) is 21.9. The standard InChI is InChI=1S/C23H38N6O2.HI/c1-25-23(27-13-16-31-20-8-4-2-3-5-9-20)28-17-19-7-6-12-26-22(19)29-14-10-18(11-15-29)21(24)30;/h6-7,12,18,20H,2-5,8-11,13-17H2,1H3,(H2,24,30)(H2,25,27,28);1H. The molecule has 0 aromatic carbocycles. The van der Waals surface area contributed by atoms with E-state index in [2.05, 4.69) is 31.6 Å². The van der Waals surface area contributed by atoms with Gasteiger partial charge in [-0.05, 0) is 31.7 Å². The van der Waals surface area contributed by atoms with Crippen molar-refractivity contribution in [2.45, 2.75) is 64.0 Å². The highest BCUT2D eigenvalue weighted by Gasteiger charge is 2.25. The quantitative estimate of drug-likeness (QED) is 0.149. The number of nitrogens with two attached hydrogens (primary N) is 1. The monoisotopic (exact) mass is 558 g/mol. The number of amides is 1. The second kappa shape index (κ2) is 14.5. The molecule has 2 aliphatic rings. The van der Waals surface area contributed by atoms with Crippen LogP contribution < -0.4 is 21.3 Å². The van der Waals surface area contributed by atoms with Crippen LogP contribution >= 0.6 is 24.0 Å². The highest BCUT2D eigenvalue weighted by molar-refractivity contribution is 14.0. The van der Waals surface area contributed by atoms with Crippen LogP contribution in [0.4, 0.5) is 5.82 Å². The number of carbonyl (C=O) groups is 1. The van der Waals surface area contributed by atoms with Crippen molar-refractivity contribution < 1.29 is 9.53 Å². The summed E-state index contributed by atoms with van der Waals surface area (Å²) in [6, 6.07) is 4.03. The number of aliphatic imine (C=N–C) groups is 1. The maximum Gasteiger partial charge on any atom is 0.220 e. The molecule has 4 N–H and O–H groups in total. The van der Waals surface area contributed by atoms with Crippen LogP contribution in [0, 0.1) is 5.92 Å². The molecule has 3 rings (SSSR count). The Bertz CT molecular complexity index is 716. The molecule has 1 saturated carbocycles. The van der Waals surface area contributed by atoms with Crippen LogP contribution in [0.25, 0.3) is 0 Å². The van der Waals surface area contributed by atoms with Crippen molar-refractivity contribution in [3.8, 4) is 0 Å². The van der Waals surface area contributed by atoms with Crippen molar-refractivity contribution in [3.63, 3.8) is 0 Å². The van der Waals surface area contributed by atoms with Gasteiger partial charge in [-0.2, -0.15) is 0 Å². The number of aromatic nitrogens is 1. The molecule has 2 heterocycles. The average Bonchev–Trinajstić information content (AvgIpc) is 3.08. The van der Waals surface area contributed by atoms with Gasteiger partial charge in [0, 0.05) is 50.9 Å². The normalized spacial score (nSPS) is 18.5. The van der Waals surface area contributed by atoms with E-state index >= 15 is 0 Å². The highest BCUT2D eigenvalue weighted by Crippen LogP contribution is 2.24. The molecule has 1 saturated heterocycles. The molecule has 180 valence electrons. The summed E-state index contributed by atoms with van der Waals surface area (Å²) in [6.07, 6.45) is 11.4. The van der Waals surface area contributed by atoms with Crippen LogP contribution in [-0.2, 0) is 16.1 Å². The number of carbonyl (C=O) groups excluding carboxylic acids is 1. The molecule has 0 unspecified atom stereocenters. The fraction of sp³-hybridized carbons (Fsp3) is 0.696. The summed E-state index contributed by atoms with van der Waals surface area (Å²) in [5, 5.41) is 6.72. The van der Waals surface area contributed by atoms with Crippen molar-refractivity contribution in [2.75, 3.05) is 38.2 Å². The van der Waals surface area contributed by atoms with Gasteiger partial charge in [-0.25, -0.2) is 4.98 Å². The number of halogens is 1. The Morgan fingerprint density at radius 1 is 1.19 bits per heavy atom. The average molecular weight is 559 g/mol. The minimum Gasteiger partial charge on any atom is -0.376 e. The third-order valence-electron chi connectivity index (χ3n) is 6.28. The Morgan fingerprint density at radius 2 is 1.91 bits per heavy atom. The first-order chi connectivity index (χ1) is 15.2. The minimum atomic E-state index is -0.194. The van der Waals surface area contributed by atoms with Crippen molar-refractivity contribution in [2.24, 2.45) is 16.6 Å². The number of ether oxygens (including phenoxy) is 1. The Labute approximate surface area is 209 Å². The molecule has 0 atom stereocenters. The predicted octanol–water partition coefficient (Wildman–Crippen LogP) is 2.81. The lowest BCUT2D eigenvalue weighted by Gasteiger charge is -2.32. The number of anilines is 1. The van der Waals surface area contributed by atoms with E-state index in [0.717, 1.165) is 49.8 Å². The lowest BCUT2D eigenvalue weighted by molar-refractivity contribution is -0.122. The minimum absolute atomic E-state index is 0. The highest BCUT2D eigenvalue weighted by atomic mass is 127. The molecule has 1 aromatic heterocycles. The number of hydrogen-bond donors (Lipinski definition) is 3. The second-order valence-corrected chi connectivity index (χ2v) is 8.49. The summed E-state index contributed by atoms with van der Waals surface area (Å²) in [4.78, 5) is 22.6. The third kappa shape index (κ3) is 8.38. The number of nitrogens with zero attached hydrogens (tertiary/aromatic N) is 3. The van der Waals surface area contributed by atoms with Gasteiger partial charge in [0.15, 0.2) is 5.96 Å². The van der Waals surface area contributed by atoms with Crippen LogP contribution in [0.3, 0.4) is 0 Å². The molecule has 32 heavy (non-hydrogen) atoms. The molecule has 1 amide bonds. The predicted molar refractivity (Wildman–Crippen MR) is 139 cm³/mol. The SMILES string of the molecule is CN=C(NCCOC1CCCCCC1)NCc1cccnc1N1CCC(C(N)=O)CC1.I. The first kappa shape index (κ1) is 26.6. The Balaban J connectivity index is 0.00000363. The van der Waals surface area contributed by atoms with E-state index in [9.17, 15) is 4.79 Å². The number of primary amides is 1. The first-order valence-corrected chi connectivity index (χ1v) is 11.7. The van der Waals surface area contributed by atoms with Crippen LogP contribution in [-0.4, -0.2) is 56.2 Å². The number of piperidine rings is 1. The van der Waals surface area contributed by atoms with Crippen molar-refractivity contribution >= 4 is 41.7 Å². The molecule has 8 nitrogen and oxygen atoms in total. The maximum atomic E-state index is 11.4. The van der Waals surface area contributed by atoms with Crippen LogP contribution in [0.1, 0.15) is 56.9 Å².